The fraction of sp³-hybridized carbons (Fsp3) is 0.308. The van der Waals surface area contributed by atoms with Crippen molar-refractivity contribution in [1.82, 2.24) is 8.61 Å². The average molecular weight is 572 g/mol. The summed E-state index contributed by atoms with van der Waals surface area (Å²) in [7, 11) is -7.52. The highest BCUT2D eigenvalue weighted by atomic mass is 35.5. The van der Waals surface area contributed by atoms with Crippen LogP contribution in [0.2, 0.25) is 0 Å². The van der Waals surface area contributed by atoms with Gasteiger partial charge in [-0.2, -0.15) is 8.61 Å². The molecule has 0 aliphatic carbocycles. The molecule has 0 aliphatic rings. The standard InChI is InChI=1S/C26H32Cl2N2O4S2/c1-23-9-13-25(14-10-23)35(31,32)29(19-5-3-17-27)21-7-8-22-30(20-6-4-18-28)36(33,34)26-15-11-24(2)12-16-26/h3-16H,17-22H2,1-2H3/b5-3+,6-4+,8-7+. The van der Waals surface area contributed by atoms with E-state index < -0.39 is 20.0 Å². The predicted molar refractivity (Wildman–Crippen MR) is 149 cm³/mol. The maximum absolute atomic E-state index is 13.2. The molecule has 0 spiro atoms. The zero-order valence-electron chi connectivity index (χ0n) is 20.4. The number of halogens is 2. The molecule has 0 unspecified atom stereocenters. The van der Waals surface area contributed by atoms with Gasteiger partial charge in [0, 0.05) is 37.9 Å². The Balaban J connectivity index is 2.24. The second kappa shape index (κ2) is 14.7. The van der Waals surface area contributed by atoms with E-state index in [1.54, 1.807) is 85.0 Å². The molecule has 196 valence electrons. The van der Waals surface area contributed by atoms with Gasteiger partial charge >= 0.3 is 0 Å². The monoisotopic (exact) mass is 570 g/mol. The van der Waals surface area contributed by atoms with Crippen LogP contribution in [0.3, 0.4) is 0 Å². The molecule has 0 saturated heterocycles. The summed E-state index contributed by atoms with van der Waals surface area (Å²) in [5.41, 5.74) is 1.92. The van der Waals surface area contributed by atoms with Crippen LogP contribution >= 0.6 is 23.2 Å². The zero-order valence-corrected chi connectivity index (χ0v) is 23.6. The molecule has 0 atom stereocenters. The lowest BCUT2D eigenvalue weighted by atomic mass is 10.2. The Morgan fingerprint density at radius 2 is 0.833 bits per heavy atom. The van der Waals surface area contributed by atoms with E-state index in [2.05, 4.69) is 0 Å². The van der Waals surface area contributed by atoms with Gasteiger partial charge < -0.3 is 0 Å². The van der Waals surface area contributed by atoms with Crippen molar-refractivity contribution >= 4 is 43.2 Å². The van der Waals surface area contributed by atoms with Crippen molar-refractivity contribution in [3.63, 3.8) is 0 Å². The molecule has 0 radical (unpaired) electrons. The van der Waals surface area contributed by atoms with Gasteiger partial charge in [0.25, 0.3) is 0 Å². The third-order valence-corrected chi connectivity index (χ3v) is 9.28. The predicted octanol–water partition coefficient (Wildman–Crippen LogP) is 5.13. The van der Waals surface area contributed by atoms with E-state index >= 15 is 0 Å². The molecule has 10 heteroatoms. The number of sulfonamides is 2. The smallest absolute Gasteiger partial charge is 0.207 e. The summed E-state index contributed by atoms with van der Waals surface area (Å²) in [5.74, 6) is 0.547. The van der Waals surface area contributed by atoms with Crippen LogP contribution in [0.5, 0.6) is 0 Å². The largest absolute Gasteiger partial charge is 0.243 e. The van der Waals surface area contributed by atoms with E-state index in [0.717, 1.165) is 11.1 Å². The summed E-state index contributed by atoms with van der Waals surface area (Å²) in [4.78, 5) is 0.381. The van der Waals surface area contributed by atoms with Crippen LogP contribution in [0.1, 0.15) is 11.1 Å². The third-order valence-electron chi connectivity index (χ3n) is 5.23. The minimum Gasteiger partial charge on any atom is -0.207 e. The van der Waals surface area contributed by atoms with Crippen LogP contribution in [-0.4, -0.2) is 63.4 Å². The van der Waals surface area contributed by atoms with Crippen molar-refractivity contribution < 1.29 is 16.8 Å². The molecule has 0 aliphatic heterocycles. The zero-order chi connectivity index (χ0) is 26.6. The number of allylic oxidation sites excluding steroid dienone is 2. The van der Waals surface area contributed by atoms with Crippen LogP contribution in [-0.2, 0) is 20.0 Å². The fourth-order valence-electron chi connectivity index (χ4n) is 3.15. The van der Waals surface area contributed by atoms with Crippen LogP contribution in [0, 0.1) is 13.8 Å². The summed E-state index contributed by atoms with van der Waals surface area (Å²) in [5, 5.41) is 0. The first kappa shape index (κ1) is 30.3. The summed E-state index contributed by atoms with van der Waals surface area (Å²) < 4.78 is 55.5. The Morgan fingerprint density at radius 3 is 1.11 bits per heavy atom. The molecule has 2 rings (SSSR count). The summed E-state index contributed by atoms with van der Waals surface area (Å²) in [6, 6.07) is 13.3. The molecule has 0 N–H and O–H groups in total. The molecule has 6 nitrogen and oxygen atoms in total. The van der Waals surface area contributed by atoms with Crippen LogP contribution in [0.4, 0.5) is 0 Å². The average Bonchev–Trinajstić information content (AvgIpc) is 2.84. The van der Waals surface area contributed by atoms with Gasteiger partial charge in [-0.15, -0.1) is 23.2 Å². The minimum absolute atomic E-state index is 0.0682. The van der Waals surface area contributed by atoms with E-state index in [1.807, 2.05) is 13.8 Å². The van der Waals surface area contributed by atoms with E-state index in [0.29, 0.717) is 0 Å². The van der Waals surface area contributed by atoms with E-state index in [4.69, 9.17) is 23.2 Å². The molecule has 0 saturated carbocycles. The minimum atomic E-state index is -3.76. The molecule has 0 aromatic heterocycles. The van der Waals surface area contributed by atoms with Gasteiger partial charge in [-0.05, 0) is 38.1 Å². The Kier molecular flexibility index (Phi) is 12.4. The lowest BCUT2D eigenvalue weighted by molar-refractivity contribution is 0.465. The highest BCUT2D eigenvalue weighted by Crippen LogP contribution is 2.18. The number of alkyl halides is 2. The molecule has 0 heterocycles. The van der Waals surface area contributed by atoms with Crippen LogP contribution in [0.15, 0.2) is 94.8 Å². The second-order valence-corrected chi connectivity index (χ2v) is 12.5. The summed E-state index contributed by atoms with van der Waals surface area (Å²) in [6.07, 6.45) is 10.1. The lowest BCUT2D eigenvalue weighted by Crippen LogP contribution is -2.33. The Morgan fingerprint density at radius 1 is 0.556 bits per heavy atom. The number of hydrogen-bond donors (Lipinski definition) is 0. The number of benzene rings is 2. The normalized spacial score (nSPS) is 13.2. The number of nitrogens with zero attached hydrogens (tertiary/aromatic N) is 2. The topological polar surface area (TPSA) is 74.8 Å². The highest BCUT2D eigenvalue weighted by Gasteiger charge is 2.24. The molecule has 0 fully saturated rings. The van der Waals surface area contributed by atoms with Crippen molar-refractivity contribution in [2.75, 3.05) is 37.9 Å². The van der Waals surface area contributed by atoms with Crippen LogP contribution in [0.25, 0.3) is 0 Å². The summed E-state index contributed by atoms with van der Waals surface area (Å²) >= 11 is 11.4. The number of rotatable bonds is 14. The van der Waals surface area contributed by atoms with Crippen LogP contribution < -0.4 is 0 Å². The Hall–Kier alpha value is -1.94. The molecular formula is C26H32Cl2N2O4S2. The van der Waals surface area contributed by atoms with Gasteiger partial charge in [-0.25, -0.2) is 16.8 Å². The van der Waals surface area contributed by atoms with Crippen molar-refractivity contribution in [3.05, 3.63) is 96.1 Å². The maximum atomic E-state index is 13.2. The van der Waals surface area contributed by atoms with Gasteiger partial charge in [-0.3, -0.25) is 0 Å². The second-order valence-electron chi connectivity index (χ2n) is 7.99. The van der Waals surface area contributed by atoms with Crippen molar-refractivity contribution in [3.8, 4) is 0 Å². The molecule has 0 amide bonds. The Labute approximate surface area is 225 Å². The SMILES string of the molecule is Cc1ccc(S(=O)(=O)N(C/C=C/CCl)C/C=C/CN(C/C=C/CCl)S(=O)(=O)c2ccc(C)cc2)cc1. The van der Waals surface area contributed by atoms with Gasteiger partial charge in [0.1, 0.15) is 0 Å². The van der Waals surface area contributed by atoms with Crippen molar-refractivity contribution in [2.24, 2.45) is 0 Å². The molecule has 2 aromatic rings. The van der Waals surface area contributed by atoms with E-state index in [9.17, 15) is 16.8 Å². The van der Waals surface area contributed by atoms with Gasteiger partial charge in [0.15, 0.2) is 0 Å². The van der Waals surface area contributed by atoms with E-state index in [1.165, 1.54) is 8.61 Å². The van der Waals surface area contributed by atoms with Crippen molar-refractivity contribution in [1.29, 1.82) is 0 Å². The van der Waals surface area contributed by atoms with Crippen molar-refractivity contribution in [2.45, 2.75) is 23.6 Å². The molecule has 2 aromatic carbocycles. The Bertz CT molecular complexity index is 1160. The first-order valence-corrected chi connectivity index (χ1v) is 15.3. The maximum Gasteiger partial charge on any atom is 0.243 e. The fourth-order valence-corrected chi connectivity index (χ4v) is 6.09. The number of hydrogen-bond acceptors (Lipinski definition) is 4. The molecular weight excluding hydrogens is 539 g/mol. The summed E-state index contributed by atoms with van der Waals surface area (Å²) in [6.45, 7) is 4.18. The van der Waals surface area contributed by atoms with Gasteiger partial charge in [0.05, 0.1) is 9.79 Å². The van der Waals surface area contributed by atoms with Gasteiger partial charge in [-0.1, -0.05) is 71.8 Å². The van der Waals surface area contributed by atoms with Gasteiger partial charge in [0.2, 0.25) is 20.0 Å². The molecule has 0 bridgehead atoms. The quantitative estimate of drug-likeness (QED) is 0.233. The first-order valence-electron chi connectivity index (χ1n) is 11.3. The number of aryl methyl sites for hydroxylation is 2. The third kappa shape index (κ3) is 8.87. The molecule has 36 heavy (non-hydrogen) atoms. The van der Waals surface area contributed by atoms with E-state index in [-0.39, 0.29) is 47.7 Å². The lowest BCUT2D eigenvalue weighted by Gasteiger charge is -2.21. The first-order chi connectivity index (χ1) is 17.1. The highest BCUT2D eigenvalue weighted by molar-refractivity contribution is 7.89.